The zero-order valence-electron chi connectivity index (χ0n) is 14.3. The molecule has 6 heteroatoms. The summed E-state index contributed by atoms with van der Waals surface area (Å²) in [6.45, 7) is 2.16. The van der Waals surface area contributed by atoms with E-state index in [1.807, 2.05) is 6.07 Å². The number of nitrogens with one attached hydrogen (secondary N) is 1. The number of carbonyl (C=O) groups is 4. The lowest BCUT2D eigenvalue weighted by Crippen LogP contribution is -2.54. The van der Waals surface area contributed by atoms with Crippen molar-refractivity contribution < 1.29 is 19.2 Å². The van der Waals surface area contributed by atoms with Crippen LogP contribution in [0.15, 0.2) is 18.2 Å². The van der Waals surface area contributed by atoms with Crippen LogP contribution in [0.1, 0.15) is 71.7 Å². The average Bonchev–Trinajstić information content (AvgIpc) is 2.83. The van der Waals surface area contributed by atoms with Crippen molar-refractivity contribution in [3.8, 4) is 0 Å². The Morgan fingerprint density at radius 3 is 2.52 bits per heavy atom. The number of hydrogen-bond acceptors (Lipinski definition) is 4. The first-order valence-electron chi connectivity index (χ1n) is 8.87. The molecule has 1 fully saturated rings. The van der Waals surface area contributed by atoms with Crippen molar-refractivity contribution in [3.05, 3.63) is 34.9 Å². The van der Waals surface area contributed by atoms with Gasteiger partial charge in [0.25, 0.3) is 11.8 Å². The zero-order chi connectivity index (χ0) is 18.0. The van der Waals surface area contributed by atoms with Crippen molar-refractivity contribution >= 4 is 23.6 Å². The van der Waals surface area contributed by atoms with Gasteiger partial charge in [0, 0.05) is 6.42 Å². The number of fused-ring (bicyclic) bond motifs is 1. The molecule has 2 aliphatic heterocycles. The molecule has 3 rings (SSSR count). The number of aryl methyl sites for hydroxylation is 1. The van der Waals surface area contributed by atoms with Crippen LogP contribution in [0.5, 0.6) is 0 Å². The van der Waals surface area contributed by atoms with Crippen LogP contribution in [0.3, 0.4) is 0 Å². The van der Waals surface area contributed by atoms with E-state index in [4.69, 9.17) is 0 Å². The molecular weight excluding hydrogens is 320 g/mol. The second-order valence-electron chi connectivity index (χ2n) is 6.64. The molecule has 1 saturated heterocycles. The van der Waals surface area contributed by atoms with Crippen LogP contribution >= 0.6 is 0 Å². The molecule has 1 atom stereocenters. The Morgan fingerprint density at radius 1 is 1.04 bits per heavy atom. The van der Waals surface area contributed by atoms with Crippen molar-refractivity contribution in [1.29, 1.82) is 0 Å². The number of rotatable bonds is 6. The molecule has 0 aliphatic carbocycles. The molecule has 1 aromatic carbocycles. The summed E-state index contributed by atoms with van der Waals surface area (Å²) in [6.07, 6.45) is 5.72. The summed E-state index contributed by atoms with van der Waals surface area (Å²) in [5.74, 6) is -1.84. The number of carbonyl (C=O) groups excluding carboxylic acids is 4. The number of unbranched alkanes of at least 4 members (excludes halogenated alkanes) is 3. The molecule has 2 heterocycles. The minimum absolute atomic E-state index is 0.131. The zero-order valence-corrected chi connectivity index (χ0v) is 14.3. The Bertz CT molecular complexity index is 741. The van der Waals surface area contributed by atoms with E-state index in [1.54, 1.807) is 12.1 Å². The summed E-state index contributed by atoms with van der Waals surface area (Å²) in [6, 6.07) is 4.42. The van der Waals surface area contributed by atoms with Gasteiger partial charge in [0.1, 0.15) is 6.04 Å². The normalized spacial score (nSPS) is 20.0. The predicted molar refractivity (Wildman–Crippen MR) is 91.0 cm³/mol. The van der Waals surface area contributed by atoms with Crippen molar-refractivity contribution in [3.63, 3.8) is 0 Å². The van der Waals surface area contributed by atoms with Gasteiger partial charge in [-0.05, 0) is 37.0 Å². The lowest BCUT2D eigenvalue weighted by Gasteiger charge is -2.27. The van der Waals surface area contributed by atoms with E-state index < -0.39 is 23.8 Å². The van der Waals surface area contributed by atoms with Crippen LogP contribution in [-0.4, -0.2) is 34.6 Å². The molecule has 25 heavy (non-hydrogen) atoms. The Labute approximate surface area is 146 Å². The largest absolute Gasteiger partial charge is 0.295 e. The first-order chi connectivity index (χ1) is 12.0. The van der Waals surface area contributed by atoms with E-state index >= 15 is 0 Å². The van der Waals surface area contributed by atoms with Gasteiger partial charge in [0.05, 0.1) is 11.1 Å². The molecule has 0 spiro atoms. The number of amides is 4. The summed E-state index contributed by atoms with van der Waals surface area (Å²) in [5, 5.41) is 2.20. The first-order valence-corrected chi connectivity index (χ1v) is 8.87. The number of benzene rings is 1. The minimum Gasteiger partial charge on any atom is -0.295 e. The number of hydrogen-bond donors (Lipinski definition) is 1. The van der Waals surface area contributed by atoms with E-state index in [9.17, 15) is 19.2 Å². The molecule has 2 aliphatic rings. The Morgan fingerprint density at radius 2 is 1.80 bits per heavy atom. The fraction of sp³-hybridized carbons (Fsp3) is 0.474. The van der Waals surface area contributed by atoms with Gasteiger partial charge in [-0.3, -0.25) is 29.4 Å². The molecule has 6 nitrogen and oxygen atoms in total. The van der Waals surface area contributed by atoms with Crippen molar-refractivity contribution in [2.75, 3.05) is 0 Å². The maximum Gasteiger partial charge on any atom is 0.262 e. The van der Waals surface area contributed by atoms with E-state index in [0.29, 0.717) is 11.1 Å². The monoisotopic (exact) mass is 342 g/mol. The number of nitrogens with zero attached hydrogens (tertiary/aromatic N) is 1. The van der Waals surface area contributed by atoms with E-state index in [0.717, 1.165) is 36.1 Å². The summed E-state index contributed by atoms with van der Waals surface area (Å²) < 4.78 is 0. The van der Waals surface area contributed by atoms with Crippen molar-refractivity contribution in [2.24, 2.45) is 0 Å². The van der Waals surface area contributed by atoms with Gasteiger partial charge in [-0.1, -0.05) is 32.3 Å². The first kappa shape index (κ1) is 17.3. The van der Waals surface area contributed by atoms with E-state index in [2.05, 4.69) is 12.2 Å². The lowest BCUT2D eigenvalue weighted by atomic mass is 10.0. The standard InChI is InChI=1S/C19H22N2O4/c1-2-3-4-5-6-12-7-8-13-14(11-12)19(25)21(18(13)24)15-9-10-16(22)20-17(15)23/h7-8,11,15H,2-6,9-10H2,1H3,(H,20,22,23). The fourth-order valence-electron chi connectivity index (χ4n) is 3.43. The van der Waals surface area contributed by atoms with Crippen LogP contribution in [0.4, 0.5) is 0 Å². The molecule has 0 saturated carbocycles. The molecule has 0 bridgehead atoms. The van der Waals surface area contributed by atoms with Crippen molar-refractivity contribution in [1.82, 2.24) is 10.2 Å². The summed E-state index contributed by atoms with van der Waals surface area (Å²) in [5.41, 5.74) is 1.73. The molecule has 4 amide bonds. The van der Waals surface area contributed by atoms with Crippen LogP contribution in [0.2, 0.25) is 0 Å². The summed E-state index contributed by atoms with van der Waals surface area (Å²) >= 11 is 0. The topological polar surface area (TPSA) is 83.6 Å². The van der Waals surface area contributed by atoms with Gasteiger partial charge in [-0.15, -0.1) is 0 Å². The second-order valence-corrected chi connectivity index (χ2v) is 6.64. The van der Waals surface area contributed by atoms with Gasteiger partial charge in [-0.2, -0.15) is 0 Å². The van der Waals surface area contributed by atoms with E-state index in [1.165, 1.54) is 6.42 Å². The molecule has 1 unspecified atom stereocenters. The second kappa shape index (κ2) is 7.17. The average molecular weight is 342 g/mol. The summed E-state index contributed by atoms with van der Waals surface area (Å²) in [7, 11) is 0. The fourth-order valence-corrected chi connectivity index (χ4v) is 3.43. The maximum absolute atomic E-state index is 12.7. The maximum atomic E-state index is 12.7. The third-order valence-corrected chi connectivity index (χ3v) is 4.82. The van der Waals surface area contributed by atoms with Crippen molar-refractivity contribution in [2.45, 2.75) is 57.9 Å². The molecular formula is C19H22N2O4. The number of imide groups is 2. The van der Waals surface area contributed by atoms with E-state index in [-0.39, 0.29) is 18.7 Å². The quantitative estimate of drug-likeness (QED) is 0.635. The van der Waals surface area contributed by atoms with Crippen LogP contribution in [0, 0.1) is 0 Å². The van der Waals surface area contributed by atoms with Crippen LogP contribution < -0.4 is 5.32 Å². The highest BCUT2D eigenvalue weighted by molar-refractivity contribution is 6.23. The van der Waals surface area contributed by atoms with Gasteiger partial charge in [-0.25, -0.2) is 0 Å². The van der Waals surface area contributed by atoms with Gasteiger partial charge < -0.3 is 0 Å². The van der Waals surface area contributed by atoms with Gasteiger partial charge in [0.2, 0.25) is 11.8 Å². The Hall–Kier alpha value is -2.50. The Balaban J connectivity index is 1.77. The highest BCUT2D eigenvalue weighted by atomic mass is 16.2. The molecule has 132 valence electrons. The third-order valence-electron chi connectivity index (χ3n) is 4.82. The highest BCUT2D eigenvalue weighted by Gasteiger charge is 2.44. The number of piperidine rings is 1. The molecule has 1 aromatic rings. The SMILES string of the molecule is CCCCCCc1ccc2c(c1)C(=O)N(C1CCC(=O)NC1=O)C2=O. The highest BCUT2D eigenvalue weighted by Crippen LogP contribution is 2.28. The Kier molecular flexibility index (Phi) is 4.97. The van der Waals surface area contributed by atoms with Crippen LogP contribution in [-0.2, 0) is 16.0 Å². The predicted octanol–water partition coefficient (Wildman–Crippen LogP) is 2.21. The molecule has 0 aromatic heterocycles. The lowest BCUT2D eigenvalue weighted by molar-refractivity contribution is -0.136. The molecule has 1 N–H and O–H groups in total. The summed E-state index contributed by atoms with van der Waals surface area (Å²) in [4.78, 5) is 49.6. The minimum atomic E-state index is -0.905. The van der Waals surface area contributed by atoms with Crippen LogP contribution in [0.25, 0.3) is 0 Å². The third kappa shape index (κ3) is 3.34. The molecule has 0 radical (unpaired) electrons. The van der Waals surface area contributed by atoms with Gasteiger partial charge >= 0.3 is 0 Å². The smallest absolute Gasteiger partial charge is 0.262 e. The van der Waals surface area contributed by atoms with Gasteiger partial charge in [0.15, 0.2) is 0 Å².